The average molecular weight is 429 g/mol. The van der Waals surface area contributed by atoms with Crippen LogP contribution < -0.4 is 9.46 Å². The molecule has 9 heteroatoms. The van der Waals surface area contributed by atoms with Gasteiger partial charge in [0.1, 0.15) is 5.75 Å². The number of amides is 1. The minimum atomic E-state index is -3.84. The third-order valence-corrected chi connectivity index (χ3v) is 6.08. The molecule has 3 rings (SSSR count). The lowest BCUT2D eigenvalue weighted by atomic mass is 10.2. The van der Waals surface area contributed by atoms with Crippen molar-refractivity contribution in [2.45, 2.75) is 24.4 Å². The summed E-state index contributed by atoms with van der Waals surface area (Å²) in [4.78, 5) is 14.2. The molecule has 0 saturated heterocycles. The third-order valence-electron chi connectivity index (χ3n) is 4.52. The molecule has 2 aromatic carbocycles. The van der Waals surface area contributed by atoms with Gasteiger partial charge in [-0.1, -0.05) is 18.2 Å². The largest absolute Gasteiger partial charge is 0.497 e. The number of carbonyl (C=O) groups excluding carboxylic acids is 1. The summed E-state index contributed by atoms with van der Waals surface area (Å²) in [5.41, 5.74) is 1.75. The van der Waals surface area contributed by atoms with Gasteiger partial charge in [-0.2, -0.15) is 9.82 Å². The minimum Gasteiger partial charge on any atom is -0.497 e. The number of ether oxygens (including phenoxy) is 1. The number of likely N-dealkylation sites (N-methyl/N-ethyl adjacent to an activating group) is 1. The van der Waals surface area contributed by atoms with Gasteiger partial charge in [-0.3, -0.25) is 4.79 Å². The van der Waals surface area contributed by atoms with Gasteiger partial charge in [-0.15, -0.1) is 0 Å². The Morgan fingerprint density at radius 3 is 2.47 bits per heavy atom. The highest BCUT2D eigenvalue weighted by atomic mass is 32.2. The number of para-hydroxylation sites is 1. The fourth-order valence-electron chi connectivity index (χ4n) is 2.95. The van der Waals surface area contributed by atoms with Gasteiger partial charge in [0, 0.05) is 25.4 Å². The number of rotatable bonds is 8. The molecule has 1 amide bonds. The highest BCUT2D eigenvalue weighted by Crippen LogP contribution is 2.16. The SMILES string of the molecule is COc1ccc(S(=O)(=O)N[C@@H](C)C(=O)N(C)Cc2cnn(-c3ccccc3)c2)cc1. The molecule has 0 aliphatic carbocycles. The van der Waals surface area contributed by atoms with Crippen LogP contribution in [0.15, 0.2) is 71.9 Å². The monoisotopic (exact) mass is 428 g/mol. The zero-order valence-electron chi connectivity index (χ0n) is 17.0. The summed E-state index contributed by atoms with van der Waals surface area (Å²) < 4.78 is 34.3. The summed E-state index contributed by atoms with van der Waals surface area (Å²) in [6, 6.07) is 14.7. The van der Waals surface area contributed by atoms with Gasteiger partial charge in [0.15, 0.2) is 0 Å². The van der Waals surface area contributed by atoms with Crippen molar-refractivity contribution in [1.29, 1.82) is 0 Å². The molecule has 30 heavy (non-hydrogen) atoms. The van der Waals surface area contributed by atoms with Crippen molar-refractivity contribution in [3.05, 3.63) is 72.6 Å². The molecule has 1 aromatic heterocycles. The molecule has 8 nitrogen and oxygen atoms in total. The Balaban J connectivity index is 1.63. The normalized spacial score (nSPS) is 12.4. The lowest BCUT2D eigenvalue weighted by molar-refractivity contribution is -0.131. The standard InChI is InChI=1S/C21H24N4O4S/c1-16(23-30(27,28)20-11-9-19(29-3)10-12-20)21(26)24(2)14-17-13-22-25(15-17)18-7-5-4-6-8-18/h4-13,15-16,23H,14H2,1-3H3/t16-/m0/s1. The maximum Gasteiger partial charge on any atom is 0.241 e. The average Bonchev–Trinajstić information content (AvgIpc) is 3.22. The van der Waals surface area contributed by atoms with E-state index in [1.807, 2.05) is 36.5 Å². The van der Waals surface area contributed by atoms with Crippen molar-refractivity contribution in [3.8, 4) is 11.4 Å². The van der Waals surface area contributed by atoms with Crippen LogP contribution in [0.25, 0.3) is 5.69 Å². The number of hydrogen-bond donors (Lipinski definition) is 1. The zero-order valence-corrected chi connectivity index (χ0v) is 17.8. The van der Waals surface area contributed by atoms with Crippen LogP contribution in [0.1, 0.15) is 12.5 Å². The molecule has 0 bridgehead atoms. The maximum atomic E-state index is 12.7. The van der Waals surface area contributed by atoms with Gasteiger partial charge >= 0.3 is 0 Å². The number of carbonyl (C=O) groups is 1. The quantitative estimate of drug-likeness (QED) is 0.594. The number of nitrogens with zero attached hydrogens (tertiary/aromatic N) is 3. The van der Waals surface area contributed by atoms with E-state index in [1.165, 1.54) is 31.1 Å². The summed E-state index contributed by atoms with van der Waals surface area (Å²) in [5.74, 6) is 0.202. The van der Waals surface area contributed by atoms with E-state index in [0.717, 1.165) is 11.3 Å². The van der Waals surface area contributed by atoms with Gasteiger partial charge in [-0.05, 0) is 43.3 Å². The zero-order chi connectivity index (χ0) is 21.7. The lowest BCUT2D eigenvalue weighted by Gasteiger charge is -2.21. The van der Waals surface area contributed by atoms with Crippen LogP contribution in [-0.4, -0.2) is 49.2 Å². The first-order valence-corrected chi connectivity index (χ1v) is 10.8. The Bertz CT molecular complexity index is 1100. The van der Waals surface area contributed by atoms with Crippen molar-refractivity contribution >= 4 is 15.9 Å². The van der Waals surface area contributed by atoms with Crippen LogP contribution in [-0.2, 0) is 21.4 Å². The van der Waals surface area contributed by atoms with Crippen molar-refractivity contribution in [2.75, 3.05) is 14.2 Å². The Labute approximate surface area is 176 Å². The minimum absolute atomic E-state index is 0.0646. The molecule has 1 N–H and O–H groups in total. The van der Waals surface area contributed by atoms with Gasteiger partial charge in [0.2, 0.25) is 15.9 Å². The number of methoxy groups -OCH3 is 1. The Kier molecular flexibility index (Phi) is 6.53. The molecule has 1 heterocycles. The van der Waals surface area contributed by atoms with Crippen LogP contribution in [0.4, 0.5) is 0 Å². The van der Waals surface area contributed by atoms with Crippen molar-refractivity contribution in [1.82, 2.24) is 19.4 Å². The van der Waals surface area contributed by atoms with Crippen LogP contribution in [0.2, 0.25) is 0 Å². The molecule has 0 radical (unpaired) electrons. The topological polar surface area (TPSA) is 93.5 Å². The van der Waals surface area contributed by atoms with E-state index < -0.39 is 16.1 Å². The molecular weight excluding hydrogens is 404 g/mol. The predicted octanol–water partition coefficient (Wildman–Crippen LogP) is 2.21. The van der Waals surface area contributed by atoms with E-state index in [-0.39, 0.29) is 10.8 Å². The number of hydrogen-bond acceptors (Lipinski definition) is 5. The molecule has 0 saturated carbocycles. The molecule has 0 aliphatic heterocycles. The molecular formula is C21H24N4O4S. The third kappa shape index (κ3) is 5.05. The molecule has 0 unspecified atom stereocenters. The van der Waals surface area contributed by atoms with E-state index in [9.17, 15) is 13.2 Å². The highest BCUT2D eigenvalue weighted by Gasteiger charge is 2.24. The van der Waals surface area contributed by atoms with Gasteiger partial charge in [-0.25, -0.2) is 13.1 Å². The predicted molar refractivity (Wildman–Crippen MR) is 113 cm³/mol. The fraction of sp³-hybridized carbons (Fsp3) is 0.238. The number of aromatic nitrogens is 2. The molecule has 158 valence electrons. The van der Waals surface area contributed by atoms with E-state index in [1.54, 1.807) is 30.1 Å². The van der Waals surface area contributed by atoms with Gasteiger partial charge in [0.25, 0.3) is 0 Å². The summed E-state index contributed by atoms with van der Waals surface area (Å²) in [7, 11) is -0.710. The Morgan fingerprint density at radius 2 is 1.83 bits per heavy atom. The second-order valence-corrected chi connectivity index (χ2v) is 8.56. The lowest BCUT2D eigenvalue weighted by Crippen LogP contribution is -2.45. The van der Waals surface area contributed by atoms with Crippen molar-refractivity contribution < 1.29 is 17.9 Å². The highest BCUT2D eigenvalue weighted by molar-refractivity contribution is 7.89. The van der Waals surface area contributed by atoms with Crippen molar-refractivity contribution in [2.24, 2.45) is 0 Å². The summed E-state index contributed by atoms with van der Waals surface area (Å²) in [6.07, 6.45) is 3.52. The first-order chi connectivity index (χ1) is 14.3. The van der Waals surface area contributed by atoms with E-state index in [0.29, 0.717) is 12.3 Å². The molecule has 0 spiro atoms. The first-order valence-electron chi connectivity index (χ1n) is 9.30. The van der Waals surface area contributed by atoms with E-state index in [4.69, 9.17) is 4.74 Å². The van der Waals surface area contributed by atoms with E-state index in [2.05, 4.69) is 9.82 Å². The molecule has 3 aromatic rings. The van der Waals surface area contributed by atoms with Crippen molar-refractivity contribution in [3.63, 3.8) is 0 Å². The molecule has 1 atom stereocenters. The summed E-state index contributed by atoms with van der Waals surface area (Å²) in [5, 5.41) is 4.31. The second kappa shape index (κ2) is 9.10. The van der Waals surface area contributed by atoms with Crippen LogP contribution in [0, 0.1) is 0 Å². The molecule has 0 fully saturated rings. The number of benzene rings is 2. The number of sulfonamides is 1. The first kappa shape index (κ1) is 21.5. The number of nitrogens with one attached hydrogen (secondary N) is 1. The van der Waals surface area contributed by atoms with Gasteiger partial charge < -0.3 is 9.64 Å². The van der Waals surface area contributed by atoms with Gasteiger partial charge in [0.05, 0.1) is 29.9 Å². The maximum absolute atomic E-state index is 12.7. The van der Waals surface area contributed by atoms with Crippen LogP contribution in [0.5, 0.6) is 5.75 Å². The molecule has 0 aliphatic rings. The summed E-state index contributed by atoms with van der Waals surface area (Å²) in [6.45, 7) is 1.83. The second-order valence-electron chi connectivity index (χ2n) is 6.84. The Morgan fingerprint density at radius 1 is 1.17 bits per heavy atom. The fourth-order valence-corrected chi connectivity index (χ4v) is 4.15. The smallest absolute Gasteiger partial charge is 0.241 e. The Hall–Kier alpha value is -3.17. The summed E-state index contributed by atoms with van der Waals surface area (Å²) >= 11 is 0. The van der Waals surface area contributed by atoms with Crippen LogP contribution >= 0.6 is 0 Å². The van der Waals surface area contributed by atoms with E-state index >= 15 is 0 Å². The van der Waals surface area contributed by atoms with Crippen LogP contribution in [0.3, 0.4) is 0 Å².